The standard InChI is InChI=1S/C16H30N2O3/c1-14-7-5-3-4-6-8-15(14)21-13-16(19)18-10-12-20-11-9-17-2/h7,15,17H,3-6,8-13H2,1-2H3,(H,18,19). The SMILES string of the molecule is CNCCOCCNC(=O)COC1CCCCCC=C1C. The van der Waals surface area contributed by atoms with E-state index in [-0.39, 0.29) is 18.6 Å². The van der Waals surface area contributed by atoms with Crippen LogP contribution < -0.4 is 10.6 Å². The maximum absolute atomic E-state index is 11.7. The Hall–Kier alpha value is -0.910. The number of amides is 1. The van der Waals surface area contributed by atoms with Crippen molar-refractivity contribution in [2.75, 3.05) is 40.0 Å². The minimum absolute atomic E-state index is 0.0675. The van der Waals surface area contributed by atoms with Crippen molar-refractivity contribution in [1.29, 1.82) is 0 Å². The first-order valence-electron chi connectivity index (χ1n) is 8.01. The van der Waals surface area contributed by atoms with Crippen molar-refractivity contribution >= 4 is 5.91 Å². The predicted molar refractivity (Wildman–Crippen MR) is 84.3 cm³/mol. The van der Waals surface area contributed by atoms with Gasteiger partial charge in [0.25, 0.3) is 0 Å². The van der Waals surface area contributed by atoms with Crippen LogP contribution in [0.3, 0.4) is 0 Å². The highest BCUT2D eigenvalue weighted by Crippen LogP contribution is 2.19. The molecule has 1 atom stereocenters. The van der Waals surface area contributed by atoms with Gasteiger partial charge in [0.1, 0.15) is 6.61 Å². The number of carbonyl (C=O) groups is 1. The minimum atomic E-state index is -0.0675. The highest BCUT2D eigenvalue weighted by molar-refractivity contribution is 5.77. The second-order valence-corrected chi connectivity index (χ2v) is 5.45. The number of rotatable bonds is 9. The predicted octanol–water partition coefficient (Wildman–Crippen LogP) is 1.63. The van der Waals surface area contributed by atoms with E-state index in [1.54, 1.807) is 0 Å². The number of allylic oxidation sites excluding steroid dienone is 1. The van der Waals surface area contributed by atoms with Crippen LogP contribution in [-0.2, 0) is 14.3 Å². The molecule has 122 valence electrons. The number of carbonyl (C=O) groups excluding carboxylic acids is 1. The van der Waals surface area contributed by atoms with Crippen LogP contribution in [0, 0.1) is 0 Å². The Balaban J connectivity index is 2.12. The van der Waals surface area contributed by atoms with Gasteiger partial charge in [-0.3, -0.25) is 4.79 Å². The van der Waals surface area contributed by atoms with Crippen molar-refractivity contribution < 1.29 is 14.3 Å². The Morgan fingerprint density at radius 1 is 1.29 bits per heavy atom. The molecular formula is C16H30N2O3. The third-order valence-corrected chi connectivity index (χ3v) is 3.63. The van der Waals surface area contributed by atoms with E-state index in [4.69, 9.17) is 9.47 Å². The van der Waals surface area contributed by atoms with Gasteiger partial charge < -0.3 is 20.1 Å². The first kappa shape index (κ1) is 18.1. The van der Waals surface area contributed by atoms with Crippen molar-refractivity contribution in [3.05, 3.63) is 11.6 Å². The molecule has 0 radical (unpaired) electrons. The number of ether oxygens (including phenoxy) is 2. The van der Waals surface area contributed by atoms with Gasteiger partial charge in [-0.2, -0.15) is 0 Å². The topological polar surface area (TPSA) is 59.6 Å². The third kappa shape index (κ3) is 8.86. The van der Waals surface area contributed by atoms with E-state index >= 15 is 0 Å². The van der Waals surface area contributed by atoms with E-state index in [0.717, 1.165) is 19.4 Å². The van der Waals surface area contributed by atoms with Crippen LogP contribution in [0.4, 0.5) is 0 Å². The molecule has 5 nitrogen and oxygen atoms in total. The minimum Gasteiger partial charge on any atom is -0.378 e. The number of likely N-dealkylation sites (N-methyl/N-ethyl adjacent to an activating group) is 1. The van der Waals surface area contributed by atoms with Gasteiger partial charge in [-0.05, 0) is 38.8 Å². The molecule has 0 spiro atoms. The Morgan fingerprint density at radius 2 is 2.10 bits per heavy atom. The third-order valence-electron chi connectivity index (χ3n) is 3.63. The van der Waals surface area contributed by atoms with Gasteiger partial charge in [-0.15, -0.1) is 0 Å². The van der Waals surface area contributed by atoms with E-state index in [1.807, 2.05) is 7.05 Å². The molecule has 1 rings (SSSR count). The second-order valence-electron chi connectivity index (χ2n) is 5.45. The Morgan fingerprint density at radius 3 is 2.90 bits per heavy atom. The quantitative estimate of drug-likeness (QED) is 0.502. The van der Waals surface area contributed by atoms with Gasteiger partial charge in [0, 0.05) is 13.1 Å². The highest BCUT2D eigenvalue weighted by Gasteiger charge is 2.14. The zero-order valence-electron chi connectivity index (χ0n) is 13.5. The number of hydrogen-bond acceptors (Lipinski definition) is 4. The molecule has 0 saturated heterocycles. The molecule has 1 aliphatic rings. The van der Waals surface area contributed by atoms with Gasteiger partial charge in [-0.25, -0.2) is 0 Å². The van der Waals surface area contributed by atoms with E-state index in [9.17, 15) is 4.79 Å². The van der Waals surface area contributed by atoms with Crippen LogP contribution in [0.1, 0.15) is 39.0 Å². The molecule has 0 aromatic rings. The van der Waals surface area contributed by atoms with Gasteiger partial charge in [0.2, 0.25) is 5.91 Å². The van der Waals surface area contributed by atoms with E-state index < -0.39 is 0 Å². The summed E-state index contributed by atoms with van der Waals surface area (Å²) in [6.07, 6.45) is 8.18. The second kappa shape index (κ2) is 11.7. The molecule has 21 heavy (non-hydrogen) atoms. The average Bonchev–Trinajstić information content (AvgIpc) is 2.46. The van der Waals surface area contributed by atoms with E-state index in [1.165, 1.54) is 24.8 Å². The maximum Gasteiger partial charge on any atom is 0.246 e. The summed E-state index contributed by atoms with van der Waals surface area (Å²) in [5.41, 5.74) is 1.26. The fraction of sp³-hybridized carbons (Fsp3) is 0.812. The molecule has 0 saturated carbocycles. The lowest BCUT2D eigenvalue weighted by Gasteiger charge is -2.20. The maximum atomic E-state index is 11.7. The van der Waals surface area contributed by atoms with Crippen LogP contribution in [0.25, 0.3) is 0 Å². The average molecular weight is 298 g/mol. The van der Waals surface area contributed by atoms with Crippen LogP contribution in [0.15, 0.2) is 11.6 Å². The lowest BCUT2D eigenvalue weighted by Crippen LogP contribution is -2.33. The summed E-state index contributed by atoms with van der Waals surface area (Å²) in [5, 5.41) is 5.81. The highest BCUT2D eigenvalue weighted by atomic mass is 16.5. The van der Waals surface area contributed by atoms with Crippen molar-refractivity contribution in [2.45, 2.75) is 45.1 Å². The van der Waals surface area contributed by atoms with Crippen LogP contribution in [-0.4, -0.2) is 52.0 Å². The Bertz CT molecular complexity index is 319. The number of hydrogen-bond donors (Lipinski definition) is 2. The smallest absolute Gasteiger partial charge is 0.246 e. The molecule has 5 heteroatoms. The van der Waals surface area contributed by atoms with Gasteiger partial charge >= 0.3 is 0 Å². The lowest BCUT2D eigenvalue weighted by molar-refractivity contribution is -0.127. The Kier molecular flexibility index (Phi) is 10.1. The molecule has 1 unspecified atom stereocenters. The molecule has 0 bridgehead atoms. The summed E-state index contributed by atoms with van der Waals surface area (Å²) in [5.74, 6) is -0.0675. The number of nitrogens with one attached hydrogen (secondary N) is 2. The molecule has 0 aromatic heterocycles. The summed E-state index contributed by atoms with van der Waals surface area (Å²) in [6, 6.07) is 0. The molecule has 2 N–H and O–H groups in total. The first-order chi connectivity index (χ1) is 10.2. The van der Waals surface area contributed by atoms with Crippen LogP contribution >= 0.6 is 0 Å². The van der Waals surface area contributed by atoms with Crippen molar-refractivity contribution in [3.63, 3.8) is 0 Å². The van der Waals surface area contributed by atoms with Crippen molar-refractivity contribution in [1.82, 2.24) is 10.6 Å². The zero-order chi connectivity index (χ0) is 15.3. The van der Waals surface area contributed by atoms with E-state index in [2.05, 4.69) is 23.6 Å². The van der Waals surface area contributed by atoms with Crippen LogP contribution in [0.2, 0.25) is 0 Å². The van der Waals surface area contributed by atoms with Gasteiger partial charge in [-0.1, -0.05) is 18.9 Å². The summed E-state index contributed by atoms with van der Waals surface area (Å²) in [6.45, 7) is 4.79. The van der Waals surface area contributed by atoms with Crippen LogP contribution in [0.5, 0.6) is 0 Å². The largest absolute Gasteiger partial charge is 0.378 e. The van der Waals surface area contributed by atoms with Gasteiger partial charge in [0.15, 0.2) is 0 Å². The fourth-order valence-electron chi connectivity index (χ4n) is 2.32. The Labute approximate surface area is 128 Å². The zero-order valence-corrected chi connectivity index (χ0v) is 13.5. The molecule has 0 aliphatic heterocycles. The molecule has 0 aromatic carbocycles. The summed E-state index contributed by atoms with van der Waals surface area (Å²) in [4.78, 5) is 11.7. The molecular weight excluding hydrogens is 268 g/mol. The molecule has 1 aliphatic carbocycles. The lowest BCUT2D eigenvalue weighted by atomic mass is 9.98. The van der Waals surface area contributed by atoms with Crippen molar-refractivity contribution in [2.24, 2.45) is 0 Å². The van der Waals surface area contributed by atoms with Gasteiger partial charge in [0.05, 0.1) is 19.3 Å². The molecule has 0 fully saturated rings. The van der Waals surface area contributed by atoms with E-state index in [0.29, 0.717) is 19.8 Å². The monoisotopic (exact) mass is 298 g/mol. The molecule has 1 amide bonds. The normalized spacial score (nSPS) is 19.5. The first-order valence-corrected chi connectivity index (χ1v) is 8.01. The summed E-state index contributed by atoms with van der Waals surface area (Å²) < 4.78 is 11.1. The molecule has 0 heterocycles. The summed E-state index contributed by atoms with van der Waals surface area (Å²) in [7, 11) is 1.88. The van der Waals surface area contributed by atoms with Crippen molar-refractivity contribution in [3.8, 4) is 0 Å². The summed E-state index contributed by atoms with van der Waals surface area (Å²) >= 11 is 0. The fourth-order valence-corrected chi connectivity index (χ4v) is 2.32.